The van der Waals surface area contributed by atoms with E-state index >= 15 is 0 Å². The normalized spacial score (nSPS) is 30.2. The van der Waals surface area contributed by atoms with E-state index < -0.39 is 0 Å². The highest BCUT2D eigenvalue weighted by Gasteiger charge is 2.34. The smallest absolute Gasteiger partial charge is 0.251 e. The van der Waals surface area contributed by atoms with Gasteiger partial charge in [0.15, 0.2) is 0 Å². The molecule has 0 aromatic heterocycles. The fraction of sp³-hybridized carbons (Fsp3) is 0.500. The third-order valence-electron chi connectivity index (χ3n) is 4.10. The molecule has 0 saturated carbocycles. The van der Waals surface area contributed by atoms with Crippen LogP contribution in [-0.2, 0) is 0 Å². The topological polar surface area (TPSA) is 32.3 Å². The van der Waals surface area contributed by atoms with E-state index in [1.54, 1.807) is 0 Å². The minimum atomic E-state index is 0.0436. The van der Waals surface area contributed by atoms with Gasteiger partial charge in [0.05, 0.1) is 0 Å². The summed E-state index contributed by atoms with van der Waals surface area (Å²) in [4.78, 5) is 15.5. The zero-order valence-electron chi connectivity index (χ0n) is 10.3. The summed E-state index contributed by atoms with van der Waals surface area (Å²) in [5, 5.41) is 3.18. The van der Waals surface area contributed by atoms with Gasteiger partial charge in [-0.15, -0.1) is 12.6 Å². The van der Waals surface area contributed by atoms with E-state index in [9.17, 15) is 4.79 Å². The molecular formula is C14H18N2OS. The Hall–Kier alpha value is -1.00. The first kappa shape index (κ1) is 12.1. The molecule has 1 atom stereocenters. The van der Waals surface area contributed by atoms with E-state index in [1.165, 1.54) is 25.9 Å². The maximum atomic E-state index is 12.1. The van der Waals surface area contributed by atoms with Gasteiger partial charge in [0, 0.05) is 23.0 Å². The summed E-state index contributed by atoms with van der Waals surface area (Å²) in [6.45, 7) is 3.41. The number of amides is 1. The highest BCUT2D eigenvalue weighted by atomic mass is 32.1. The van der Waals surface area contributed by atoms with Crippen LogP contribution in [0.1, 0.15) is 23.2 Å². The molecule has 1 unspecified atom stereocenters. The summed E-state index contributed by atoms with van der Waals surface area (Å²) in [6, 6.07) is 7.71. The summed E-state index contributed by atoms with van der Waals surface area (Å²) in [7, 11) is 0. The Morgan fingerprint density at radius 1 is 1.22 bits per heavy atom. The molecule has 1 aromatic rings. The number of benzene rings is 1. The van der Waals surface area contributed by atoms with Gasteiger partial charge in [0.2, 0.25) is 0 Å². The molecule has 3 nitrogen and oxygen atoms in total. The van der Waals surface area contributed by atoms with Gasteiger partial charge in [-0.3, -0.25) is 4.79 Å². The molecule has 3 aliphatic heterocycles. The first-order valence-electron chi connectivity index (χ1n) is 6.54. The number of carbonyl (C=O) groups excluding carboxylic acids is 1. The second-order valence-electron chi connectivity index (χ2n) is 5.26. The van der Waals surface area contributed by atoms with Crippen LogP contribution in [0.3, 0.4) is 0 Å². The molecule has 4 rings (SSSR count). The van der Waals surface area contributed by atoms with E-state index in [0.717, 1.165) is 17.0 Å². The Morgan fingerprint density at radius 3 is 2.44 bits per heavy atom. The summed E-state index contributed by atoms with van der Waals surface area (Å²) in [5.74, 6) is 0.713. The van der Waals surface area contributed by atoms with Crippen LogP contribution < -0.4 is 5.32 Å². The number of hydrogen-bond acceptors (Lipinski definition) is 3. The van der Waals surface area contributed by atoms with Gasteiger partial charge < -0.3 is 10.2 Å². The molecule has 3 heterocycles. The fourth-order valence-corrected chi connectivity index (χ4v) is 3.14. The van der Waals surface area contributed by atoms with Crippen LogP contribution in [-0.4, -0.2) is 36.5 Å². The highest BCUT2D eigenvalue weighted by molar-refractivity contribution is 7.80. The van der Waals surface area contributed by atoms with Crippen molar-refractivity contribution in [3.63, 3.8) is 0 Å². The molecule has 3 fully saturated rings. The second-order valence-corrected chi connectivity index (χ2v) is 5.78. The summed E-state index contributed by atoms with van der Waals surface area (Å²) >= 11 is 4.23. The standard InChI is InChI=1S/C14H18N2OS/c17-14(11-1-3-12(18)4-2-11)15-13-9-16-7-5-10(13)6-8-16/h1-4,10,13,18H,5-9H2,(H,15,17). The van der Waals surface area contributed by atoms with Crippen LogP contribution in [0.15, 0.2) is 29.2 Å². The average molecular weight is 262 g/mol. The SMILES string of the molecule is O=C(NC1CN2CCC1CC2)c1ccc(S)cc1. The Balaban J connectivity index is 1.66. The van der Waals surface area contributed by atoms with Crippen molar-refractivity contribution in [2.45, 2.75) is 23.8 Å². The van der Waals surface area contributed by atoms with Gasteiger partial charge in [-0.05, 0) is 56.1 Å². The molecule has 1 amide bonds. The van der Waals surface area contributed by atoms with Crippen LogP contribution in [0.2, 0.25) is 0 Å². The zero-order valence-corrected chi connectivity index (χ0v) is 11.2. The number of nitrogens with one attached hydrogen (secondary N) is 1. The minimum Gasteiger partial charge on any atom is -0.348 e. The lowest BCUT2D eigenvalue weighted by atomic mass is 9.84. The maximum absolute atomic E-state index is 12.1. The summed E-state index contributed by atoms with van der Waals surface area (Å²) in [5.41, 5.74) is 0.726. The molecule has 96 valence electrons. The molecule has 0 aliphatic carbocycles. The summed E-state index contributed by atoms with van der Waals surface area (Å²) < 4.78 is 0. The van der Waals surface area contributed by atoms with Crippen LogP contribution in [0.5, 0.6) is 0 Å². The van der Waals surface area contributed by atoms with E-state index in [-0.39, 0.29) is 5.91 Å². The van der Waals surface area contributed by atoms with Crippen molar-refractivity contribution in [1.29, 1.82) is 0 Å². The lowest BCUT2D eigenvalue weighted by Crippen LogP contribution is -2.57. The first-order chi connectivity index (χ1) is 8.72. The van der Waals surface area contributed by atoms with E-state index in [0.29, 0.717) is 12.0 Å². The highest BCUT2D eigenvalue weighted by Crippen LogP contribution is 2.27. The lowest BCUT2D eigenvalue weighted by Gasteiger charge is -2.44. The fourth-order valence-electron chi connectivity index (χ4n) is 2.99. The average Bonchev–Trinajstić information content (AvgIpc) is 2.41. The minimum absolute atomic E-state index is 0.0436. The largest absolute Gasteiger partial charge is 0.348 e. The van der Waals surface area contributed by atoms with Crippen molar-refractivity contribution in [3.05, 3.63) is 29.8 Å². The Bertz CT molecular complexity index is 438. The first-order valence-corrected chi connectivity index (χ1v) is 6.99. The predicted octanol–water partition coefficient (Wildman–Crippen LogP) is 1.80. The van der Waals surface area contributed by atoms with E-state index in [1.807, 2.05) is 24.3 Å². The van der Waals surface area contributed by atoms with E-state index in [2.05, 4.69) is 22.8 Å². The van der Waals surface area contributed by atoms with Gasteiger partial charge in [-0.2, -0.15) is 0 Å². The van der Waals surface area contributed by atoms with Crippen LogP contribution in [0, 0.1) is 5.92 Å². The molecular weight excluding hydrogens is 244 g/mol. The number of fused-ring (bicyclic) bond motifs is 3. The zero-order chi connectivity index (χ0) is 12.5. The van der Waals surface area contributed by atoms with Crippen molar-refractivity contribution in [2.24, 2.45) is 5.92 Å². The lowest BCUT2D eigenvalue weighted by molar-refractivity contribution is 0.0620. The summed E-state index contributed by atoms with van der Waals surface area (Å²) in [6.07, 6.45) is 2.45. The Labute approximate surface area is 113 Å². The van der Waals surface area contributed by atoms with Crippen molar-refractivity contribution in [1.82, 2.24) is 10.2 Å². The number of rotatable bonds is 2. The third kappa shape index (κ3) is 2.40. The molecule has 0 radical (unpaired) electrons. The molecule has 1 N–H and O–H groups in total. The molecule has 2 bridgehead atoms. The van der Waals surface area contributed by atoms with Gasteiger partial charge in [-0.25, -0.2) is 0 Å². The predicted molar refractivity (Wildman–Crippen MR) is 74.1 cm³/mol. The number of nitrogens with zero attached hydrogens (tertiary/aromatic N) is 1. The van der Waals surface area contributed by atoms with Crippen molar-refractivity contribution >= 4 is 18.5 Å². The van der Waals surface area contributed by atoms with Gasteiger partial charge in [0.1, 0.15) is 0 Å². The van der Waals surface area contributed by atoms with Gasteiger partial charge in [0.25, 0.3) is 5.91 Å². The number of carbonyl (C=O) groups is 1. The van der Waals surface area contributed by atoms with Gasteiger partial charge in [-0.1, -0.05) is 0 Å². The molecule has 4 heteroatoms. The van der Waals surface area contributed by atoms with Crippen molar-refractivity contribution < 1.29 is 4.79 Å². The number of piperidine rings is 3. The maximum Gasteiger partial charge on any atom is 0.251 e. The molecule has 3 saturated heterocycles. The molecule has 0 spiro atoms. The molecule has 1 aromatic carbocycles. The monoisotopic (exact) mass is 262 g/mol. The van der Waals surface area contributed by atoms with Crippen molar-refractivity contribution in [2.75, 3.05) is 19.6 Å². The van der Waals surface area contributed by atoms with Crippen LogP contribution in [0.25, 0.3) is 0 Å². The molecule has 18 heavy (non-hydrogen) atoms. The van der Waals surface area contributed by atoms with Crippen LogP contribution in [0.4, 0.5) is 0 Å². The quantitative estimate of drug-likeness (QED) is 0.797. The van der Waals surface area contributed by atoms with Crippen LogP contribution >= 0.6 is 12.6 Å². The number of hydrogen-bond donors (Lipinski definition) is 2. The van der Waals surface area contributed by atoms with E-state index in [4.69, 9.17) is 0 Å². The Kier molecular flexibility index (Phi) is 3.31. The molecule has 3 aliphatic rings. The van der Waals surface area contributed by atoms with Gasteiger partial charge >= 0.3 is 0 Å². The van der Waals surface area contributed by atoms with Crippen molar-refractivity contribution in [3.8, 4) is 0 Å². The third-order valence-corrected chi connectivity index (χ3v) is 4.40. The Morgan fingerprint density at radius 2 is 1.89 bits per heavy atom. The second kappa shape index (κ2) is 4.94. The number of thiol groups is 1.